The smallest absolute Gasteiger partial charge is 0.325 e. The number of fused-ring (bicyclic) bond motifs is 2. The maximum atomic E-state index is 13.2. The van der Waals surface area contributed by atoms with Gasteiger partial charge in [-0.05, 0) is 37.1 Å². The first-order valence-corrected chi connectivity index (χ1v) is 9.65. The Morgan fingerprint density at radius 2 is 2.03 bits per heavy atom. The molecule has 7 heteroatoms. The minimum Gasteiger partial charge on any atom is -0.493 e. The molecule has 2 aliphatic heterocycles. The van der Waals surface area contributed by atoms with E-state index in [1.165, 1.54) is 0 Å². The van der Waals surface area contributed by atoms with Crippen LogP contribution in [0, 0.1) is 13.8 Å². The fourth-order valence-corrected chi connectivity index (χ4v) is 3.85. The highest BCUT2D eigenvalue weighted by atomic mass is 16.5. The van der Waals surface area contributed by atoms with Crippen LogP contribution in [-0.2, 0) is 10.3 Å². The summed E-state index contributed by atoms with van der Waals surface area (Å²) in [4.78, 5) is 26.8. The van der Waals surface area contributed by atoms with Crippen molar-refractivity contribution in [3.8, 4) is 11.5 Å². The molecule has 152 valence electrons. The zero-order chi connectivity index (χ0) is 20.6. The van der Waals surface area contributed by atoms with Crippen molar-refractivity contribution < 1.29 is 24.2 Å². The summed E-state index contributed by atoms with van der Waals surface area (Å²) in [6.07, 6.45) is -0.657. The fourth-order valence-electron chi connectivity index (χ4n) is 3.85. The number of benzene rings is 2. The second-order valence-corrected chi connectivity index (χ2v) is 7.58. The summed E-state index contributed by atoms with van der Waals surface area (Å²) in [5.74, 6) is 0.896. The van der Waals surface area contributed by atoms with Gasteiger partial charge < -0.3 is 19.9 Å². The number of hydrogen-bond donors (Lipinski definition) is 2. The van der Waals surface area contributed by atoms with Crippen molar-refractivity contribution in [1.29, 1.82) is 0 Å². The number of aliphatic hydroxyl groups excluding tert-OH is 1. The number of para-hydroxylation sites is 1. The molecule has 0 bridgehead atoms. The molecule has 1 fully saturated rings. The first-order valence-electron chi connectivity index (χ1n) is 9.65. The average molecular weight is 396 g/mol. The predicted octanol–water partition coefficient (Wildman–Crippen LogP) is 2.27. The standard InChI is InChI=1S/C22H24N2O5/c1-14-7-8-15(2)19(11-14)29-13-16(25)12-24-20(26)22(23-21(24)27)9-10-28-18-6-4-3-5-17(18)22/h3-8,11,16,25H,9-10,12-13H2,1-2H3,(H,23,27). The Morgan fingerprint density at radius 3 is 2.86 bits per heavy atom. The number of β-amino-alcohol motifs (C(OH)–C–C–N with tert-alkyl or cyclic N) is 1. The highest BCUT2D eigenvalue weighted by Gasteiger charge is 2.55. The molecular weight excluding hydrogens is 372 g/mol. The lowest BCUT2D eigenvalue weighted by atomic mass is 9.84. The van der Waals surface area contributed by atoms with E-state index >= 15 is 0 Å². The summed E-state index contributed by atoms with van der Waals surface area (Å²) in [6.45, 7) is 4.05. The lowest BCUT2D eigenvalue weighted by Crippen LogP contribution is -2.48. The molecule has 0 aliphatic carbocycles. The molecule has 3 amide bonds. The molecule has 2 atom stereocenters. The van der Waals surface area contributed by atoms with Crippen LogP contribution < -0.4 is 14.8 Å². The molecule has 7 nitrogen and oxygen atoms in total. The van der Waals surface area contributed by atoms with Gasteiger partial charge in [0.05, 0.1) is 13.2 Å². The van der Waals surface area contributed by atoms with E-state index in [1.54, 1.807) is 12.1 Å². The zero-order valence-electron chi connectivity index (χ0n) is 16.5. The van der Waals surface area contributed by atoms with Gasteiger partial charge in [0.25, 0.3) is 5.91 Å². The number of nitrogens with one attached hydrogen (secondary N) is 1. The van der Waals surface area contributed by atoms with Crippen LogP contribution in [-0.4, -0.2) is 47.8 Å². The maximum Gasteiger partial charge on any atom is 0.325 e. The molecule has 2 aliphatic rings. The largest absolute Gasteiger partial charge is 0.493 e. The van der Waals surface area contributed by atoms with Crippen LogP contribution in [0.1, 0.15) is 23.1 Å². The van der Waals surface area contributed by atoms with Gasteiger partial charge in [0.15, 0.2) is 5.54 Å². The first-order chi connectivity index (χ1) is 13.9. The highest BCUT2D eigenvalue weighted by molar-refractivity contribution is 6.08. The van der Waals surface area contributed by atoms with Crippen LogP contribution in [0.15, 0.2) is 42.5 Å². The molecule has 0 radical (unpaired) electrons. The molecule has 2 aromatic rings. The molecule has 0 aromatic heterocycles. The Balaban J connectivity index is 1.47. The third kappa shape index (κ3) is 3.42. The van der Waals surface area contributed by atoms with Crippen LogP contribution in [0.2, 0.25) is 0 Å². The average Bonchev–Trinajstić information content (AvgIpc) is 2.94. The molecule has 2 heterocycles. The summed E-state index contributed by atoms with van der Waals surface area (Å²) in [5.41, 5.74) is 1.51. The minimum absolute atomic E-state index is 0.0198. The lowest BCUT2D eigenvalue weighted by molar-refractivity contribution is -0.133. The van der Waals surface area contributed by atoms with Gasteiger partial charge in [0.1, 0.15) is 24.2 Å². The number of amides is 3. The monoisotopic (exact) mass is 396 g/mol. The van der Waals surface area contributed by atoms with Crippen molar-refractivity contribution in [3.05, 3.63) is 59.2 Å². The van der Waals surface area contributed by atoms with Gasteiger partial charge in [-0.25, -0.2) is 4.79 Å². The molecule has 2 N–H and O–H groups in total. The van der Waals surface area contributed by atoms with Gasteiger partial charge in [0, 0.05) is 12.0 Å². The highest BCUT2D eigenvalue weighted by Crippen LogP contribution is 2.40. The van der Waals surface area contributed by atoms with Crippen molar-refractivity contribution >= 4 is 11.9 Å². The van der Waals surface area contributed by atoms with E-state index in [1.807, 2.05) is 44.2 Å². The van der Waals surface area contributed by atoms with Gasteiger partial charge in [-0.2, -0.15) is 0 Å². The zero-order valence-corrected chi connectivity index (χ0v) is 16.5. The van der Waals surface area contributed by atoms with Gasteiger partial charge in [-0.1, -0.05) is 30.3 Å². The molecule has 2 unspecified atom stereocenters. The van der Waals surface area contributed by atoms with Crippen molar-refractivity contribution in [2.24, 2.45) is 0 Å². The van der Waals surface area contributed by atoms with E-state index in [9.17, 15) is 14.7 Å². The van der Waals surface area contributed by atoms with E-state index in [0.29, 0.717) is 30.1 Å². The number of imide groups is 1. The van der Waals surface area contributed by atoms with Crippen LogP contribution in [0.3, 0.4) is 0 Å². The van der Waals surface area contributed by atoms with Gasteiger partial charge >= 0.3 is 6.03 Å². The number of hydrogen-bond acceptors (Lipinski definition) is 5. The quantitative estimate of drug-likeness (QED) is 0.757. The molecule has 2 aromatic carbocycles. The van der Waals surface area contributed by atoms with E-state index in [-0.39, 0.29) is 19.1 Å². The van der Waals surface area contributed by atoms with Gasteiger partial charge in [-0.15, -0.1) is 0 Å². The summed E-state index contributed by atoms with van der Waals surface area (Å²) < 4.78 is 11.3. The number of aryl methyl sites for hydroxylation is 2. The Kier molecular flexibility index (Phi) is 4.92. The maximum absolute atomic E-state index is 13.2. The van der Waals surface area contributed by atoms with Crippen LogP contribution >= 0.6 is 0 Å². The van der Waals surface area contributed by atoms with E-state index in [2.05, 4.69) is 5.32 Å². The normalized spacial score (nSPS) is 21.6. The Bertz CT molecular complexity index is 960. The minimum atomic E-state index is -1.14. The predicted molar refractivity (Wildman–Crippen MR) is 106 cm³/mol. The van der Waals surface area contributed by atoms with Crippen molar-refractivity contribution in [2.75, 3.05) is 19.8 Å². The Hall–Kier alpha value is -3.06. The summed E-state index contributed by atoms with van der Waals surface area (Å²) in [7, 11) is 0. The summed E-state index contributed by atoms with van der Waals surface area (Å²) in [5, 5.41) is 13.3. The third-order valence-corrected chi connectivity index (χ3v) is 5.43. The number of urea groups is 1. The second kappa shape index (κ2) is 7.40. The molecule has 0 saturated carbocycles. The molecule has 1 spiro atoms. The third-order valence-electron chi connectivity index (χ3n) is 5.43. The topological polar surface area (TPSA) is 88.1 Å². The van der Waals surface area contributed by atoms with Crippen molar-refractivity contribution in [3.63, 3.8) is 0 Å². The van der Waals surface area contributed by atoms with Gasteiger partial charge in [0.2, 0.25) is 0 Å². The number of carbonyl (C=O) groups excluding carboxylic acids is 2. The molecule has 29 heavy (non-hydrogen) atoms. The van der Waals surface area contributed by atoms with E-state index in [4.69, 9.17) is 9.47 Å². The summed E-state index contributed by atoms with van der Waals surface area (Å²) >= 11 is 0. The number of rotatable bonds is 5. The number of carbonyl (C=O) groups is 2. The number of aliphatic hydroxyl groups is 1. The molecule has 1 saturated heterocycles. The Morgan fingerprint density at radius 1 is 1.24 bits per heavy atom. The molecular formula is C22H24N2O5. The lowest BCUT2D eigenvalue weighted by Gasteiger charge is -2.33. The first kappa shape index (κ1) is 19.3. The SMILES string of the molecule is Cc1ccc(C)c(OCC(O)CN2C(=O)NC3(CCOc4ccccc43)C2=O)c1. The number of nitrogens with zero attached hydrogens (tertiary/aromatic N) is 1. The van der Waals surface area contributed by atoms with E-state index in [0.717, 1.165) is 16.0 Å². The van der Waals surface area contributed by atoms with Crippen molar-refractivity contribution in [1.82, 2.24) is 10.2 Å². The van der Waals surface area contributed by atoms with Gasteiger partial charge in [-0.3, -0.25) is 9.69 Å². The summed E-state index contributed by atoms with van der Waals surface area (Å²) in [6, 6.07) is 12.5. The number of ether oxygens (including phenoxy) is 2. The fraction of sp³-hybridized carbons (Fsp3) is 0.364. The Labute approximate surface area is 169 Å². The molecule has 4 rings (SSSR count). The van der Waals surface area contributed by atoms with Crippen LogP contribution in [0.25, 0.3) is 0 Å². The van der Waals surface area contributed by atoms with Crippen LogP contribution in [0.5, 0.6) is 11.5 Å². The van der Waals surface area contributed by atoms with E-state index < -0.39 is 17.7 Å². The van der Waals surface area contributed by atoms with Crippen molar-refractivity contribution in [2.45, 2.75) is 31.9 Å². The second-order valence-electron chi connectivity index (χ2n) is 7.58. The van der Waals surface area contributed by atoms with Crippen LogP contribution in [0.4, 0.5) is 4.79 Å².